The molecule has 0 bridgehead atoms. The molecule has 2 aliphatic rings. The Balaban J connectivity index is 1.46. The van der Waals surface area contributed by atoms with E-state index in [9.17, 15) is 8.78 Å². The molecule has 162 valence electrons. The van der Waals surface area contributed by atoms with Crippen molar-refractivity contribution in [1.82, 2.24) is 0 Å². The van der Waals surface area contributed by atoms with Crippen molar-refractivity contribution < 1.29 is 18.3 Å². The minimum absolute atomic E-state index is 0.00276. The zero-order chi connectivity index (χ0) is 20.6. The van der Waals surface area contributed by atoms with Gasteiger partial charge in [0, 0.05) is 0 Å². The molecule has 0 aromatic heterocycles. The second kappa shape index (κ2) is 11.0. The van der Waals surface area contributed by atoms with Crippen molar-refractivity contribution in [2.24, 2.45) is 23.7 Å². The lowest BCUT2D eigenvalue weighted by molar-refractivity contribution is 0.170. The van der Waals surface area contributed by atoms with Crippen LogP contribution in [-0.4, -0.2) is 13.2 Å². The molecule has 0 amide bonds. The normalized spacial score (nSPS) is 27.4. The van der Waals surface area contributed by atoms with E-state index in [0.29, 0.717) is 31.0 Å². The molecule has 1 aromatic carbocycles. The van der Waals surface area contributed by atoms with E-state index in [4.69, 9.17) is 9.47 Å². The van der Waals surface area contributed by atoms with Crippen LogP contribution in [0, 0.1) is 35.3 Å². The highest BCUT2D eigenvalue weighted by molar-refractivity contribution is 5.35. The third-order valence-electron chi connectivity index (χ3n) is 6.85. The van der Waals surface area contributed by atoms with E-state index in [1.165, 1.54) is 37.8 Å². The van der Waals surface area contributed by atoms with Crippen LogP contribution in [0.4, 0.5) is 8.78 Å². The molecule has 1 aromatic rings. The van der Waals surface area contributed by atoms with Gasteiger partial charge < -0.3 is 9.47 Å². The Morgan fingerprint density at radius 3 is 1.72 bits per heavy atom. The van der Waals surface area contributed by atoms with E-state index in [2.05, 4.69) is 13.5 Å². The van der Waals surface area contributed by atoms with E-state index in [0.717, 1.165) is 44.4 Å². The fourth-order valence-corrected chi connectivity index (χ4v) is 4.84. The lowest BCUT2D eigenvalue weighted by Crippen LogP contribution is -2.20. The highest BCUT2D eigenvalue weighted by Gasteiger charge is 2.24. The number of benzene rings is 1. The summed E-state index contributed by atoms with van der Waals surface area (Å²) < 4.78 is 40.2. The summed E-state index contributed by atoms with van der Waals surface area (Å²) in [5.41, 5.74) is 0. The number of halogens is 2. The van der Waals surface area contributed by atoms with Gasteiger partial charge in [-0.1, -0.05) is 38.7 Å². The van der Waals surface area contributed by atoms with E-state index in [-0.39, 0.29) is 11.5 Å². The molecule has 2 nitrogen and oxygen atoms in total. The number of ether oxygens (including phenoxy) is 2. The summed E-state index contributed by atoms with van der Waals surface area (Å²) in [6.07, 6.45) is 13.5. The molecule has 2 fully saturated rings. The van der Waals surface area contributed by atoms with Gasteiger partial charge in [-0.15, -0.1) is 6.58 Å². The molecule has 0 unspecified atom stereocenters. The summed E-state index contributed by atoms with van der Waals surface area (Å²) in [6, 6.07) is 3.01. The molecule has 0 heterocycles. The predicted molar refractivity (Wildman–Crippen MR) is 113 cm³/mol. The molecule has 0 saturated heterocycles. The second-order valence-electron chi connectivity index (χ2n) is 9.00. The summed E-state index contributed by atoms with van der Waals surface area (Å²) in [5.74, 6) is 0.358. The number of hydrogen-bond acceptors (Lipinski definition) is 2. The van der Waals surface area contributed by atoms with Crippen molar-refractivity contribution in [2.45, 2.75) is 71.1 Å². The van der Waals surface area contributed by atoms with Gasteiger partial charge in [-0.05, 0) is 74.3 Å². The fraction of sp³-hybridized carbons (Fsp3) is 0.680. The first-order valence-electron chi connectivity index (χ1n) is 11.5. The lowest BCUT2D eigenvalue weighted by atomic mass is 9.80. The Morgan fingerprint density at radius 1 is 0.828 bits per heavy atom. The van der Waals surface area contributed by atoms with Gasteiger partial charge >= 0.3 is 0 Å². The van der Waals surface area contributed by atoms with Gasteiger partial charge in [-0.2, -0.15) is 8.78 Å². The third-order valence-corrected chi connectivity index (χ3v) is 6.85. The van der Waals surface area contributed by atoms with Crippen molar-refractivity contribution >= 4 is 0 Å². The molecular formula is C25H36F2O2. The summed E-state index contributed by atoms with van der Waals surface area (Å²) in [4.78, 5) is 0. The predicted octanol–water partition coefficient (Wildman–Crippen LogP) is 7.32. The number of allylic oxidation sites excluding steroid dienone is 1. The highest BCUT2D eigenvalue weighted by atomic mass is 19.2. The minimum Gasteiger partial charge on any atom is -0.490 e. The van der Waals surface area contributed by atoms with Gasteiger partial charge in [-0.3, -0.25) is 0 Å². The van der Waals surface area contributed by atoms with Gasteiger partial charge in [0.2, 0.25) is 11.6 Å². The van der Waals surface area contributed by atoms with Crippen molar-refractivity contribution in [3.05, 3.63) is 36.4 Å². The molecular weight excluding hydrogens is 370 g/mol. The first-order valence-corrected chi connectivity index (χ1v) is 11.5. The van der Waals surface area contributed by atoms with E-state index in [1.54, 1.807) is 0 Å². The molecule has 0 N–H and O–H groups in total. The van der Waals surface area contributed by atoms with Crippen LogP contribution in [0.3, 0.4) is 0 Å². The molecule has 3 rings (SSSR count). The average molecular weight is 407 g/mol. The topological polar surface area (TPSA) is 18.5 Å². The zero-order valence-electron chi connectivity index (χ0n) is 17.8. The number of rotatable bonds is 9. The van der Waals surface area contributed by atoms with Crippen molar-refractivity contribution in [3.63, 3.8) is 0 Å². The standard InChI is InChI=1S/C25H36F2O2/c1-3-5-19-8-12-21(13-9-19)17-29-23-15-14-22(24(26)25(23)27)28-16-20-10-6-18(4-2)7-11-20/h4,14-15,18-21H,2-3,5-13,16-17H2,1H3. The molecule has 4 heteroatoms. The Kier molecular flexibility index (Phi) is 8.38. The largest absolute Gasteiger partial charge is 0.490 e. The van der Waals surface area contributed by atoms with Crippen LogP contribution in [0.15, 0.2) is 24.8 Å². The second-order valence-corrected chi connectivity index (χ2v) is 9.00. The first-order chi connectivity index (χ1) is 14.1. The quantitative estimate of drug-likeness (QED) is 0.400. The monoisotopic (exact) mass is 406 g/mol. The van der Waals surface area contributed by atoms with Crippen molar-refractivity contribution in [1.29, 1.82) is 0 Å². The summed E-state index contributed by atoms with van der Waals surface area (Å²) in [7, 11) is 0. The van der Waals surface area contributed by atoms with E-state index in [1.807, 2.05) is 6.08 Å². The third kappa shape index (κ3) is 6.20. The molecule has 29 heavy (non-hydrogen) atoms. The molecule has 0 radical (unpaired) electrons. The van der Waals surface area contributed by atoms with E-state index >= 15 is 0 Å². The van der Waals surface area contributed by atoms with Crippen LogP contribution in [0.1, 0.15) is 71.1 Å². The highest BCUT2D eigenvalue weighted by Crippen LogP contribution is 2.34. The molecule has 2 aliphatic carbocycles. The minimum atomic E-state index is -0.936. The smallest absolute Gasteiger partial charge is 0.204 e. The van der Waals surface area contributed by atoms with Crippen molar-refractivity contribution in [3.8, 4) is 11.5 Å². The maximum atomic E-state index is 14.5. The maximum absolute atomic E-state index is 14.5. The lowest BCUT2D eigenvalue weighted by Gasteiger charge is -2.28. The van der Waals surface area contributed by atoms with Crippen LogP contribution < -0.4 is 9.47 Å². The van der Waals surface area contributed by atoms with Crippen molar-refractivity contribution in [2.75, 3.05) is 13.2 Å². The van der Waals surface area contributed by atoms with Gasteiger partial charge in [0.1, 0.15) is 0 Å². The average Bonchev–Trinajstić information content (AvgIpc) is 2.76. The molecule has 2 saturated carbocycles. The summed E-state index contributed by atoms with van der Waals surface area (Å²) >= 11 is 0. The van der Waals surface area contributed by atoms with Crippen LogP contribution in [-0.2, 0) is 0 Å². The maximum Gasteiger partial charge on any atom is 0.204 e. The fourth-order valence-electron chi connectivity index (χ4n) is 4.84. The molecule has 0 atom stereocenters. The Bertz CT molecular complexity index is 644. The van der Waals surface area contributed by atoms with Crippen LogP contribution in [0.5, 0.6) is 11.5 Å². The first kappa shape index (κ1) is 22.1. The molecule has 0 spiro atoms. The van der Waals surface area contributed by atoms with Gasteiger partial charge in [0.25, 0.3) is 0 Å². The van der Waals surface area contributed by atoms with Gasteiger partial charge in [0.05, 0.1) is 13.2 Å². The Hall–Kier alpha value is -1.58. The number of hydrogen-bond donors (Lipinski definition) is 0. The Morgan fingerprint density at radius 2 is 1.28 bits per heavy atom. The summed E-state index contributed by atoms with van der Waals surface area (Å²) in [6.45, 7) is 6.98. The molecule has 0 aliphatic heterocycles. The Labute approximate surface area is 174 Å². The zero-order valence-corrected chi connectivity index (χ0v) is 17.8. The van der Waals surface area contributed by atoms with Crippen LogP contribution in [0.2, 0.25) is 0 Å². The summed E-state index contributed by atoms with van der Waals surface area (Å²) in [5, 5.41) is 0. The van der Waals surface area contributed by atoms with Crippen LogP contribution >= 0.6 is 0 Å². The van der Waals surface area contributed by atoms with Crippen LogP contribution in [0.25, 0.3) is 0 Å². The van der Waals surface area contributed by atoms with Gasteiger partial charge in [-0.25, -0.2) is 0 Å². The SMILES string of the molecule is C=CC1CCC(COc2ccc(OCC3CCC(CCC)CC3)c(F)c2F)CC1. The van der Waals surface area contributed by atoms with Gasteiger partial charge in [0.15, 0.2) is 11.5 Å². The van der Waals surface area contributed by atoms with E-state index < -0.39 is 11.6 Å².